The molecule has 1 unspecified atom stereocenters. The molecule has 8 nitrogen and oxygen atoms in total. The first-order chi connectivity index (χ1) is 14.6. The molecule has 2 N–H and O–H groups in total. The van der Waals surface area contributed by atoms with Crippen molar-refractivity contribution < 1.29 is 26.3 Å². The van der Waals surface area contributed by atoms with Gasteiger partial charge in [-0.15, -0.1) is 0 Å². The van der Waals surface area contributed by atoms with Crippen LogP contribution in [0.4, 0.5) is 24.7 Å². The van der Waals surface area contributed by atoms with Crippen molar-refractivity contribution in [1.82, 2.24) is 19.3 Å². The molecule has 0 spiro atoms. The molecule has 12 heteroatoms. The lowest BCUT2D eigenvalue weighted by Gasteiger charge is -2.13. The van der Waals surface area contributed by atoms with E-state index in [-0.39, 0.29) is 16.8 Å². The van der Waals surface area contributed by atoms with Crippen LogP contribution in [0.3, 0.4) is 0 Å². The van der Waals surface area contributed by atoms with E-state index in [0.717, 1.165) is 12.3 Å². The van der Waals surface area contributed by atoms with Crippen molar-refractivity contribution in [2.24, 2.45) is 0 Å². The van der Waals surface area contributed by atoms with Crippen molar-refractivity contribution in [3.63, 3.8) is 0 Å². The van der Waals surface area contributed by atoms with E-state index in [1.165, 1.54) is 31.3 Å². The number of pyridine rings is 1. The van der Waals surface area contributed by atoms with Crippen LogP contribution in [0.1, 0.15) is 12.5 Å². The van der Waals surface area contributed by atoms with E-state index < -0.39 is 21.8 Å². The second-order valence-electron chi connectivity index (χ2n) is 6.96. The van der Waals surface area contributed by atoms with Crippen molar-refractivity contribution in [3.05, 3.63) is 48.3 Å². The summed E-state index contributed by atoms with van der Waals surface area (Å²) in [4.78, 5) is 8.25. The van der Waals surface area contributed by atoms with E-state index in [0.29, 0.717) is 29.5 Å². The molecule has 3 aromatic rings. The summed E-state index contributed by atoms with van der Waals surface area (Å²) >= 11 is 0. The number of benzene rings is 1. The van der Waals surface area contributed by atoms with Crippen LogP contribution in [0.5, 0.6) is 6.01 Å². The minimum absolute atomic E-state index is 0.0124. The number of sulfonamides is 1. The number of hydrogen-bond donors (Lipinski definition) is 2. The maximum atomic E-state index is 12.8. The van der Waals surface area contributed by atoms with Crippen molar-refractivity contribution >= 4 is 21.5 Å². The largest absolute Gasteiger partial charge is 0.460 e. The highest BCUT2D eigenvalue weighted by Crippen LogP contribution is 2.35. The zero-order valence-electron chi connectivity index (χ0n) is 16.4. The van der Waals surface area contributed by atoms with Crippen LogP contribution in [0.25, 0.3) is 11.3 Å². The van der Waals surface area contributed by atoms with Gasteiger partial charge in [-0.05, 0) is 44.3 Å². The Bertz CT molecular complexity index is 1200. The molecule has 0 amide bonds. The topological polar surface area (TPSA) is 98.1 Å². The fraction of sp³-hybridized carbons (Fsp3) is 0.263. The molecule has 1 atom stereocenters. The fourth-order valence-corrected chi connectivity index (χ4v) is 3.91. The monoisotopic (exact) mass is 453 g/mol. The highest BCUT2D eigenvalue weighted by Gasteiger charge is 2.30. The number of rotatable bonds is 5. The Hall–Kier alpha value is -3.12. The van der Waals surface area contributed by atoms with Gasteiger partial charge in [0.1, 0.15) is 11.9 Å². The van der Waals surface area contributed by atoms with Crippen LogP contribution in [0.2, 0.25) is 0 Å². The Balaban J connectivity index is 1.74. The molecule has 2 aromatic heterocycles. The third-order valence-electron chi connectivity index (χ3n) is 4.70. The third-order valence-corrected chi connectivity index (χ3v) is 6.11. The van der Waals surface area contributed by atoms with Gasteiger partial charge in [-0.2, -0.15) is 18.2 Å². The third kappa shape index (κ3) is 4.21. The molecule has 4 rings (SSSR count). The Morgan fingerprint density at radius 1 is 1.23 bits per heavy atom. The second-order valence-corrected chi connectivity index (χ2v) is 8.85. The summed E-state index contributed by atoms with van der Waals surface area (Å²) in [6, 6.07) is 6.83. The maximum absolute atomic E-state index is 12.8. The van der Waals surface area contributed by atoms with Gasteiger partial charge < -0.3 is 10.1 Å². The quantitative estimate of drug-likeness (QED) is 0.615. The lowest BCUT2D eigenvalue weighted by atomic mass is 10.1. The molecule has 3 heterocycles. The first kappa shape index (κ1) is 21.1. The Morgan fingerprint density at radius 3 is 2.61 bits per heavy atom. The zero-order chi connectivity index (χ0) is 22.4. The van der Waals surface area contributed by atoms with Crippen molar-refractivity contribution in [2.45, 2.75) is 30.6 Å². The smallest absolute Gasteiger partial charge is 0.417 e. The molecule has 31 heavy (non-hydrogen) atoms. The molecular formula is C19H18F3N5O3S. The number of alkyl halides is 3. The van der Waals surface area contributed by atoms with Crippen LogP contribution < -0.4 is 14.8 Å². The Labute approximate surface area is 176 Å². The van der Waals surface area contributed by atoms with Crippen LogP contribution in [0, 0.1) is 0 Å². The molecular weight excluding hydrogens is 435 g/mol. The second kappa shape index (κ2) is 7.54. The van der Waals surface area contributed by atoms with E-state index in [4.69, 9.17) is 4.74 Å². The van der Waals surface area contributed by atoms with E-state index in [9.17, 15) is 21.6 Å². The predicted octanol–water partition coefficient (Wildman–Crippen LogP) is 3.40. The normalized spacial score (nSPS) is 16.1. The standard InChI is InChI=1S/C19H18F3N5O3S/c1-11-9-27-10-16(26-18(27)30-11)14-7-13(31(28,29)23-2)4-5-15(14)25-17-6-3-12(8-24-17)19(20,21)22/h3-8,10-11,23H,9H2,1-2H3,(H,24,25). The van der Waals surface area contributed by atoms with Crippen molar-refractivity contribution in [3.8, 4) is 17.3 Å². The SMILES string of the molecule is CNS(=O)(=O)c1ccc(Nc2ccc(C(F)(F)F)cn2)c(-c2cn3c(n2)OC(C)C3)c1. The number of halogens is 3. The minimum Gasteiger partial charge on any atom is -0.460 e. The first-order valence-electron chi connectivity index (χ1n) is 9.19. The molecule has 1 aromatic carbocycles. The Morgan fingerprint density at radius 2 is 2.00 bits per heavy atom. The van der Waals surface area contributed by atoms with Crippen LogP contribution >= 0.6 is 0 Å². The van der Waals surface area contributed by atoms with Gasteiger partial charge in [0, 0.05) is 23.6 Å². The lowest BCUT2D eigenvalue weighted by Crippen LogP contribution is -2.18. The number of fused-ring (bicyclic) bond motifs is 1. The average Bonchev–Trinajstić information content (AvgIpc) is 3.25. The van der Waals surface area contributed by atoms with E-state index in [1.54, 1.807) is 10.8 Å². The lowest BCUT2D eigenvalue weighted by molar-refractivity contribution is -0.137. The zero-order valence-corrected chi connectivity index (χ0v) is 17.3. The Kier molecular flexibility index (Phi) is 5.13. The molecule has 0 saturated heterocycles. The average molecular weight is 453 g/mol. The highest BCUT2D eigenvalue weighted by molar-refractivity contribution is 7.89. The summed E-state index contributed by atoms with van der Waals surface area (Å²) in [5.74, 6) is 0.162. The molecule has 164 valence electrons. The van der Waals surface area contributed by atoms with Gasteiger partial charge in [-0.25, -0.2) is 18.1 Å². The van der Waals surface area contributed by atoms with Gasteiger partial charge in [-0.1, -0.05) is 0 Å². The fourth-order valence-electron chi connectivity index (χ4n) is 3.15. The van der Waals surface area contributed by atoms with Crippen LogP contribution in [-0.4, -0.2) is 36.1 Å². The summed E-state index contributed by atoms with van der Waals surface area (Å²) in [5, 5.41) is 2.94. The molecule has 0 radical (unpaired) electrons. The van der Waals surface area contributed by atoms with E-state index >= 15 is 0 Å². The molecule has 0 saturated carbocycles. The van der Waals surface area contributed by atoms with Gasteiger partial charge in [0.15, 0.2) is 0 Å². The number of nitrogens with one attached hydrogen (secondary N) is 2. The van der Waals surface area contributed by atoms with Crippen LogP contribution in [-0.2, 0) is 22.7 Å². The molecule has 0 bridgehead atoms. The van der Waals surface area contributed by atoms with E-state index in [1.807, 2.05) is 6.92 Å². The van der Waals surface area contributed by atoms with Gasteiger partial charge in [0.25, 0.3) is 6.01 Å². The molecule has 0 fully saturated rings. The molecule has 1 aliphatic rings. The molecule has 1 aliphatic heterocycles. The maximum Gasteiger partial charge on any atom is 0.417 e. The van der Waals surface area contributed by atoms with Crippen molar-refractivity contribution in [2.75, 3.05) is 12.4 Å². The van der Waals surface area contributed by atoms with E-state index in [2.05, 4.69) is 20.0 Å². The van der Waals surface area contributed by atoms with Crippen LogP contribution in [0.15, 0.2) is 47.6 Å². The predicted molar refractivity (Wildman–Crippen MR) is 107 cm³/mol. The van der Waals surface area contributed by atoms with Crippen molar-refractivity contribution in [1.29, 1.82) is 0 Å². The van der Waals surface area contributed by atoms with Gasteiger partial charge >= 0.3 is 6.18 Å². The van der Waals surface area contributed by atoms with Gasteiger partial charge in [0.2, 0.25) is 10.0 Å². The number of ether oxygens (including phenoxy) is 1. The number of aromatic nitrogens is 3. The molecule has 0 aliphatic carbocycles. The number of imidazole rings is 1. The number of nitrogens with zero attached hydrogens (tertiary/aromatic N) is 3. The number of hydrogen-bond acceptors (Lipinski definition) is 6. The number of anilines is 2. The minimum atomic E-state index is -4.49. The first-order valence-corrected chi connectivity index (χ1v) is 10.7. The summed E-state index contributed by atoms with van der Waals surface area (Å²) in [7, 11) is -2.43. The summed E-state index contributed by atoms with van der Waals surface area (Å²) in [6.07, 6.45) is -2.06. The highest BCUT2D eigenvalue weighted by atomic mass is 32.2. The van der Waals surface area contributed by atoms with Gasteiger partial charge in [0.05, 0.1) is 22.7 Å². The summed E-state index contributed by atoms with van der Waals surface area (Å²) in [6.45, 7) is 2.50. The van der Waals surface area contributed by atoms with Gasteiger partial charge in [-0.3, -0.25) is 4.57 Å². The summed E-state index contributed by atoms with van der Waals surface area (Å²) < 4.78 is 72.6. The summed E-state index contributed by atoms with van der Waals surface area (Å²) in [5.41, 5.74) is 0.429.